The lowest BCUT2D eigenvalue weighted by Gasteiger charge is -2.11. The highest BCUT2D eigenvalue weighted by molar-refractivity contribution is 5.51. The summed E-state index contributed by atoms with van der Waals surface area (Å²) in [7, 11) is 6.49. The van der Waals surface area contributed by atoms with Gasteiger partial charge in [-0.2, -0.15) is 0 Å². The third-order valence-electron chi connectivity index (χ3n) is 3.15. The quantitative estimate of drug-likeness (QED) is 0.816. The number of ether oxygens (including phenoxy) is 4. The zero-order chi connectivity index (χ0) is 15.2. The van der Waals surface area contributed by atoms with E-state index >= 15 is 0 Å². The van der Waals surface area contributed by atoms with Crippen molar-refractivity contribution in [1.29, 1.82) is 0 Å². The van der Waals surface area contributed by atoms with Crippen LogP contribution in [0.1, 0.15) is 11.1 Å². The fourth-order valence-corrected chi connectivity index (χ4v) is 2.08. The monoisotopic (exact) mass is 287 g/mol. The van der Waals surface area contributed by atoms with Gasteiger partial charge in [0.1, 0.15) is 0 Å². The van der Waals surface area contributed by atoms with Crippen LogP contribution in [0.2, 0.25) is 0 Å². The van der Waals surface area contributed by atoms with Gasteiger partial charge in [0.25, 0.3) is 0 Å². The Bertz CT molecular complexity index is 554. The Morgan fingerprint density at radius 2 is 0.952 bits per heavy atom. The number of hydrogen-bond donors (Lipinski definition) is 0. The molecule has 1 radical (unpaired) electrons. The van der Waals surface area contributed by atoms with Crippen LogP contribution in [0.25, 0.3) is 0 Å². The molecule has 0 aliphatic rings. The van der Waals surface area contributed by atoms with Crippen LogP contribution in [0.5, 0.6) is 23.0 Å². The zero-order valence-corrected chi connectivity index (χ0v) is 12.7. The average Bonchev–Trinajstić information content (AvgIpc) is 2.54. The molecule has 0 aliphatic carbocycles. The van der Waals surface area contributed by atoms with E-state index in [0.717, 1.165) is 11.1 Å². The van der Waals surface area contributed by atoms with Crippen LogP contribution in [0.3, 0.4) is 0 Å². The van der Waals surface area contributed by atoms with Crippen molar-refractivity contribution in [3.63, 3.8) is 0 Å². The largest absolute Gasteiger partial charge is 0.493 e. The molecule has 0 saturated heterocycles. The summed E-state index contributed by atoms with van der Waals surface area (Å²) < 4.78 is 21.1. The molecule has 0 spiro atoms. The molecular formula is C17H19O4. The van der Waals surface area contributed by atoms with E-state index in [1.807, 2.05) is 42.8 Å². The molecule has 21 heavy (non-hydrogen) atoms. The zero-order valence-electron chi connectivity index (χ0n) is 12.7. The van der Waals surface area contributed by atoms with E-state index in [4.69, 9.17) is 18.9 Å². The summed E-state index contributed by atoms with van der Waals surface area (Å²) in [6, 6.07) is 11.6. The predicted molar refractivity (Wildman–Crippen MR) is 81.6 cm³/mol. The topological polar surface area (TPSA) is 36.9 Å². The van der Waals surface area contributed by atoms with Gasteiger partial charge in [-0.3, -0.25) is 0 Å². The molecular weight excluding hydrogens is 268 g/mol. The van der Waals surface area contributed by atoms with Gasteiger partial charge in [0.2, 0.25) is 0 Å². The van der Waals surface area contributed by atoms with Gasteiger partial charge in [-0.25, -0.2) is 0 Å². The van der Waals surface area contributed by atoms with Gasteiger partial charge in [0.05, 0.1) is 28.4 Å². The molecule has 0 fully saturated rings. The van der Waals surface area contributed by atoms with Crippen LogP contribution in [0.15, 0.2) is 36.4 Å². The van der Waals surface area contributed by atoms with Gasteiger partial charge in [-0.05, 0) is 35.4 Å². The highest BCUT2D eigenvalue weighted by Gasteiger charge is 2.08. The molecule has 4 heteroatoms. The Kier molecular flexibility index (Phi) is 4.93. The van der Waals surface area contributed by atoms with Crippen LogP contribution in [0.4, 0.5) is 0 Å². The van der Waals surface area contributed by atoms with Crippen LogP contribution in [0, 0.1) is 6.42 Å². The minimum atomic E-state index is 0.701. The molecule has 0 unspecified atom stereocenters. The Labute approximate surface area is 125 Å². The smallest absolute Gasteiger partial charge is 0.161 e. The molecule has 2 aromatic rings. The molecule has 0 aromatic heterocycles. The Hall–Kier alpha value is -2.36. The third-order valence-corrected chi connectivity index (χ3v) is 3.15. The first-order valence-corrected chi connectivity index (χ1v) is 6.50. The molecule has 111 valence electrons. The number of rotatable bonds is 6. The summed E-state index contributed by atoms with van der Waals surface area (Å²) in [5.74, 6) is 2.82. The van der Waals surface area contributed by atoms with Crippen LogP contribution < -0.4 is 18.9 Å². The molecule has 0 atom stereocenters. The van der Waals surface area contributed by atoms with Gasteiger partial charge in [0, 0.05) is 6.42 Å². The first kappa shape index (κ1) is 15.0. The maximum Gasteiger partial charge on any atom is 0.161 e. The standard InChI is InChI=1S/C17H19O4/c1-18-14-7-5-12(10-16(14)20-3)9-13-6-8-15(19-2)17(11-13)21-4/h5-11H,1-4H3. The number of benzene rings is 2. The van der Waals surface area contributed by atoms with Crippen molar-refractivity contribution in [2.24, 2.45) is 0 Å². The van der Waals surface area contributed by atoms with Crippen LogP contribution >= 0.6 is 0 Å². The Morgan fingerprint density at radius 3 is 1.29 bits per heavy atom. The van der Waals surface area contributed by atoms with Crippen molar-refractivity contribution in [1.82, 2.24) is 0 Å². The van der Waals surface area contributed by atoms with Crippen LogP contribution in [-0.2, 0) is 0 Å². The maximum absolute atomic E-state index is 5.31. The molecule has 4 nitrogen and oxygen atoms in total. The van der Waals surface area contributed by atoms with Crippen LogP contribution in [-0.4, -0.2) is 28.4 Å². The summed E-state index contributed by atoms with van der Waals surface area (Å²) in [6.45, 7) is 0. The van der Waals surface area contributed by atoms with Crippen molar-refractivity contribution in [2.45, 2.75) is 0 Å². The first-order chi connectivity index (χ1) is 10.2. The summed E-state index contributed by atoms with van der Waals surface area (Å²) in [5, 5.41) is 0. The molecule has 0 bridgehead atoms. The van der Waals surface area contributed by atoms with E-state index in [1.165, 1.54) is 0 Å². The second-order valence-corrected chi connectivity index (χ2v) is 4.37. The predicted octanol–water partition coefficient (Wildman–Crippen LogP) is 3.32. The Morgan fingerprint density at radius 1 is 0.571 bits per heavy atom. The third kappa shape index (κ3) is 3.40. The second kappa shape index (κ2) is 6.88. The van der Waals surface area contributed by atoms with E-state index in [1.54, 1.807) is 28.4 Å². The lowest BCUT2D eigenvalue weighted by molar-refractivity contribution is 0.354. The van der Waals surface area contributed by atoms with Gasteiger partial charge < -0.3 is 18.9 Å². The van der Waals surface area contributed by atoms with E-state index in [2.05, 4.69) is 0 Å². The second-order valence-electron chi connectivity index (χ2n) is 4.37. The van der Waals surface area contributed by atoms with E-state index in [0.29, 0.717) is 23.0 Å². The fraction of sp³-hybridized carbons (Fsp3) is 0.235. The molecule has 0 aliphatic heterocycles. The lowest BCUT2D eigenvalue weighted by Crippen LogP contribution is -1.94. The number of methoxy groups -OCH3 is 4. The molecule has 2 aromatic carbocycles. The maximum atomic E-state index is 5.31. The van der Waals surface area contributed by atoms with Gasteiger partial charge in [-0.15, -0.1) is 0 Å². The summed E-state index contributed by atoms with van der Waals surface area (Å²) in [5.41, 5.74) is 2.03. The minimum Gasteiger partial charge on any atom is -0.493 e. The molecule has 0 N–H and O–H groups in total. The highest BCUT2D eigenvalue weighted by atomic mass is 16.5. The van der Waals surface area contributed by atoms with Gasteiger partial charge >= 0.3 is 0 Å². The number of hydrogen-bond acceptors (Lipinski definition) is 4. The van der Waals surface area contributed by atoms with Crippen molar-refractivity contribution in [2.75, 3.05) is 28.4 Å². The Balaban J connectivity index is 2.25. The molecule has 2 rings (SSSR count). The van der Waals surface area contributed by atoms with Gasteiger partial charge in [-0.1, -0.05) is 12.1 Å². The van der Waals surface area contributed by atoms with Crippen molar-refractivity contribution < 1.29 is 18.9 Å². The highest BCUT2D eigenvalue weighted by Crippen LogP contribution is 2.31. The molecule has 0 heterocycles. The fourth-order valence-electron chi connectivity index (χ4n) is 2.08. The van der Waals surface area contributed by atoms with E-state index < -0.39 is 0 Å². The normalized spacial score (nSPS) is 10.1. The summed E-state index contributed by atoms with van der Waals surface area (Å²) >= 11 is 0. The first-order valence-electron chi connectivity index (χ1n) is 6.50. The van der Waals surface area contributed by atoms with Crippen molar-refractivity contribution in [3.8, 4) is 23.0 Å². The molecule has 0 saturated carbocycles. The van der Waals surface area contributed by atoms with Crippen molar-refractivity contribution >= 4 is 0 Å². The molecule has 0 amide bonds. The van der Waals surface area contributed by atoms with E-state index in [-0.39, 0.29) is 0 Å². The van der Waals surface area contributed by atoms with E-state index in [9.17, 15) is 0 Å². The lowest BCUT2D eigenvalue weighted by atomic mass is 10.0. The van der Waals surface area contributed by atoms with Gasteiger partial charge in [0.15, 0.2) is 23.0 Å². The average molecular weight is 287 g/mol. The summed E-state index contributed by atoms with van der Waals surface area (Å²) in [4.78, 5) is 0. The SMILES string of the molecule is COc1ccc([CH]c2ccc(OC)c(OC)c2)cc1OC. The summed E-state index contributed by atoms with van der Waals surface area (Å²) in [6.07, 6.45) is 2.03. The van der Waals surface area contributed by atoms with Crippen molar-refractivity contribution in [3.05, 3.63) is 53.9 Å². The minimum absolute atomic E-state index is 0.701.